The standard InChI is InChI=1S/C13H21NO3/c1-4-7-11(8-5-2)13(17)14(9-6-3)10-12(15)16/h4-5,11H,1-2,6-10H2,3H3,(H,15,16). The van der Waals surface area contributed by atoms with Crippen LogP contribution in [0.5, 0.6) is 0 Å². The Labute approximate surface area is 103 Å². The zero-order valence-electron chi connectivity index (χ0n) is 10.4. The Kier molecular flexibility index (Phi) is 7.76. The van der Waals surface area contributed by atoms with Crippen LogP contribution < -0.4 is 0 Å². The molecule has 1 N–H and O–H groups in total. The summed E-state index contributed by atoms with van der Waals surface area (Å²) in [6, 6.07) is 0. The third-order valence-electron chi connectivity index (χ3n) is 2.38. The molecule has 4 nitrogen and oxygen atoms in total. The van der Waals surface area contributed by atoms with Gasteiger partial charge >= 0.3 is 5.97 Å². The molecular weight excluding hydrogens is 218 g/mol. The highest BCUT2D eigenvalue weighted by atomic mass is 16.4. The van der Waals surface area contributed by atoms with Gasteiger partial charge in [0.25, 0.3) is 0 Å². The smallest absolute Gasteiger partial charge is 0.323 e. The third kappa shape index (κ3) is 5.90. The number of carbonyl (C=O) groups is 2. The number of nitrogens with zero attached hydrogens (tertiary/aromatic N) is 1. The van der Waals surface area contributed by atoms with E-state index in [0.29, 0.717) is 19.4 Å². The summed E-state index contributed by atoms with van der Waals surface area (Å²) in [5.74, 6) is -1.35. The van der Waals surface area contributed by atoms with Crippen LogP contribution >= 0.6 is 0 Å². The molecule has 0 aliphatic heterocycles. The molecule has 0 aliphatic carbocycles. The lowest BCUT2D eigenvalue weighted by Crippen LogP contribution is -2.40. The van der Waals surface area contributed by atoms with Crippen molar-refractivity contribution < 1.29 is 14.7 Å². The van der Waals surface area contributed by atoms with Crippen molar-refractivity contribution in [3.05, 3.63) is 25.3 Å². The number of aliphatic carboxylic acids is 1. The third-order valence-corrected chi connectivity index (χ3v) is 2.38. The lowest BCUT2D eigenvalue weighted by molar-refractivity contribution is -0.146. The number of carboxylic acids is 1. The van der Waals surface area contributed by atoms with Gasteiger partial charge in [0.15, 0.2) is 0 Å². The van der Waals surface area contributed by atoms with E-state index in [1.54, 1.807) is 12.2 Å². The van der Waals surface area contributed by atoms with E-state index in [2.05, 4.69) is 13.2 Å². The van der Waals surface area contributed by atoms with E-state index in [4.69, 9.17) is 5.11 Å². The molecule has 0 bridgehead atoms. The molecule has 0 saturated heterocycles. The van der Waals surface area contributed by atoms with E-state index in [0.717, 1.165) is 6.42 Å². The minimum Gasteiger partial charge on any atom is -0.480 e. The van der Waals surface area contributed by atoms with Gasteiger partial charge in [0.05, 0.1) is 0 Å². The molecule has 0 aromatic heterocycles. The lowest BCUT2D eigenvalue weighted by Gasteiger charge is -2.24. The van der Waals surface area contributed by atoms with E-state index in [1.807, 2.05) is 6.92 Å². The highest BCUT2D eigenvalue weighted by Crippen LogP contribution is 2.14. The van der Waals surface area contributed by atoms with Crippen molar-refractivity contribution in [3.8, 4) is 0 Å². The van der Waals surface area contributed by atoms with Crippen LogP contribution in [0.1, 0.15) is 26.2 Å². The molecule has 0 unspecified atom stereocenters. The number of hydrogen-bond acceptors (Lipinski definition) is 2. The normalized spacial score (nSPS) is 10.0. The second-order valence-corrected chi connectivity index (χ2v) is 3.90. The van der Waals surface area contributed by atoms with Crippen molar-refractivity contribution in [1.29, 1.82) is 0 Å². The molecule has 96 valence electrons. The fraction of sp³-hybridized carbons (Fsp3) is 0.538. The molecule has 0 rings (SSSR count). The summed E-state index contributed by atoms with van der Waals surface area (Å²) in [7, 11) is 0. The molecule has 0 atom stereocenters. The number of allylic oxidation sites excluding steroid dienone is 2. The maximum Gasteiger partial charge on any atom is 0.323 e. The van der Waals surface area contributed by atoms with Crippen molar-refractivity contribution in [2.24, 2.45) is 5.92 Å². The minimum absolute atomic E-state index is 0.131. The molecule has 0 heterocycles. The van der Waals surface area contributed by atoms with Gasteiger partial charge < -0.3 is 10.0 Å². The summed E-state index contributed by atoms with van der Waals surface area (Å²) in [5.41, 5.74) is 0. The van der Waals surface area contributed by atoms with E-state index < -0.39 is 5.97 Å². The first kappa shape index (κ1) is 15.4. The molecule has 0 aromatic rings. The van der Waals surface area contributed by atoms with Crippen LogP contribution in [-0.2, 0) is 9.59 Å². The summed E-state index contributed by atoms with van der Waals surface area (Å²) < 4.78 is 0. The number of carbonyl (C=O) groups excluding carboxylic acids is 1. The van der Waals surface area contributed by atoms with Crippen molar-refractivity contribution in [2.75, 3.05) is 13.1 Å². The SMILES string of the molecule is C=CCC(CC=C)C(=O)N(CCC)CC(=O)O. The van der Waals surface area contributed by atoms with Crippen LogP contribution in [0, 0.1) is 5.92 Å². The molecule has 4 heteroatoms. The lowest BCUT2D eigenvalue weighted by atomic mass is 9.99. The Balaban J connectivity index is 4.68. The second kappa shape index (κ2) is 8.56. The van der Waals surface area contributed by atoms with E-state index in [1.165, 1.54) is 4.90 Å². The molecule has 0 fully saturated rings. The van der Waals surface area contributed by atoms with E-state index >= 15 is 0 Å². The van der Waals surface area contributed by atoms with E-state index in [-0.39, 0.29) is 18.4 Å². The van der Waals surface area contributed by atoms with Gasteiger partial charge in [0.1, 0.15) is 6.54 Å². The number of hydrogen-bond donors (Lipinski definition) is 1. The monoisotopic (exact) mass is 239 g/mol. The first-order valence-corrected chi connectivity index (χ1v) is 5.79. The van der Waals surface area contributed by atoms with Crippen LogP contribution in [0.15, 0.2) is 25.3 Å². The van der Waals surface area contributed by atoms with Gasteiger partial charge in [0, 0.05) is 12.5 Å². The molecular formula is C13H21NO3. The molecule has 0 saturated carbocycles. The average molecular weight is 239 g/mol. The van der Waals surface area contributed by atoms with Crippen LogP contribution in [0.25, 0.3) is 0 Å². The highest BCUT2D eigenvalue weighted by Gasteiger charge is 2.23. The van der Waals surface area contributed by atoms with Crippen LogP contribution in [0.4, 0.5) is 0 Å². The predicted octanol–water partition coefficient (Wildman–Crippen LogP) is 2.08. The fourth-order valence-corrected chi connectivity index (χ4v) is 1.66. The zero-order valence-corrected chi connectivity index (χ0v) is 10.4. The number of carboxylic acid groups (broad SMARTS) is 1. The zero-order chi connectivity index (χ0) is 13.3. The van der Waals surface area contributed by atoms with E-state index in [9.17, 15) is 9.59 Å². The Morgan fingerprint density at radius 2 is 1.82 bits per heavy atom. The van der Waals surface area contributed by atoms with Gasteiger partial charge in [-0.2, -0.15) is 0 Å². The van der Waals surface area contributed by atoms with Gasteiger partial charge in [-0.15, -0.1) is 13.2 Å². The highest BCUT2D eigenvalue weighted by molar-refractivity contribution is 5.83. The number of rotatable bonds is 9. The Bertz CT molecular complexity index is 276. The molecule has 17 heavy (non-hydrogen) atoms. The Morgan fingerprint density at radius 1 is 1.29 bits per heavy atom. The average Bonchev–Trinajstić information content (AvgIpc) is 2.27. The van der Waals surface area contributed by atoms with Crippen LogP contribution in [0.3, 0.4) is 0 Å². The van der Waals surface area contributed by atoms with Crippen molar-refractivity contribution >= 4 is 11.9 Å². The second-order valence-electron chi connectivity index (χ2n) is 3.90. The maximum absolute atomic E-state index is 12.1. The van der Waals surface area contributed by atoms with Gasteiger partial charge in [-0.05, 0) is 19.3 Å². The van der Waals surface area contributed by atoms with Crippen molar-refractivity contribution in [2.45, 2.75) is 26.2 Å². The van der Waals surface area contributed by atoms with Crippen molar-refractivity contribution in [3.63, 3.8) is 0 Å². The van der Waals surface area contributed by atoms with Gasteiger partial charge in [-0.3, -0.25) is 9.59 Å². The van der Waals surface area contributed by atoms with Gasteiger partial charge in [-0.1, -0.05) is 19.1 Å². The Morgan fingerprint density at radius 3 is 2.18 bits per heavy atom. The topological polar surface area (TPSA) is 57.6 Å². The molecule has 1 amide bonds. The summed E-state index contributed by atoms with van der Waals surface area (Å²) in [6.07, 6.45) is 5.19. The van der Waals surface area contributed by atoms with Crippen LogP contribution in [-0.4, -0.2) is 35.0 Å². The summed E-state index contributed by atoms with van der Waals surface area (Å²) in [5, 5.41) is 8.77. The molecule has 0 spiro atoms. The van der Waals surface area contributed by atoms with Gasteiger partial charge in [0.2, 0.25) is 5.91 Å². The Hall–Kier alpha value is -1.58. The van der Waals surface area contributed by atoms with Crippen LogP contribution in [0.2, 0.25) is 0 Å². The summed E-state index contributed by atoms with van der Waals surface area (Å²) in [4.78, 5) is 24.2. The van der Waals surface area contributed by atoms with Gasteiger partial charge in [-0.25, -0.2) is 0 Å². The van der Waals surface area contributed by atoms with Crippen molar-refractivity contribution in [1.82, 2.24) is 4.90 Å². The largest absolute Gasteiger partial charge is 0.480 e. The fourth-order valence-electron chi connectivity index (χ4n) is 1.66. The first-order valence-electron chi connectivity index (χ1n) is 5.79. The molecule has 0 aliphatic rings. The molecule has 0 aromatic carbocycles. The number of amides is 1. The quantitative estimate of drug-likeness (QED) is 0.627. The maximum atomic E-state index is 12.1. The molecule has 0 radical (unpaired) electrons. The minimum atomic E-state index is -0.984. The first-order chi connectivity index (χ1) is 8.06. The summed E-state index contributed by atoms with van der Waals surface area (Å²) >= 11 is 0. The predicted molar refractivity (Wildman–Crippen MR) is 67.6 cm³/mol. The summed E-state index contributed by atoms with van der Waals surface area (Å²) in [6.45, 7) is 9.36.